The quantitative estimate of drug-likeness (QED) is 0.475. The zero-order valence-corrected chi connectivity index (χ0v) is 10.9. The van der Waals surface area contributed by atoms with Crippen LogP contribution in [0.15, 0.2) is 0 Å². The fourth-order valence-electron chi connectivity index (χ4n) is 1.55. The highest BCUT2D eigenvalue weighted by atomic mass is 35.5. The van der Waals surface area contributed by atoms with Crippen LogP contribution in [0.25, 0.3) is 0 Å². The van der Waals surface area contributed by atoms with Crippen molar-refractivity contribution in [3.8, 4) is 0 Å². The maximum absolute atomic E-state index is 11.5. The average Bonchev–Trinajstić information content (AvgIpc) is 3.08. The molecular weight excluding hydrogens is 274 g/mol. The Morgan fingerprint density at radius 1 is 1.53 bits per heavy atom. The van der Waals surface area contributed by atoms with Crippen molar-refractivity contribution in [3.63, 3.8) is 0 Å². The number of rotatable bonds is 5. The Bertz CT molecular complexity index is 532. The summed E-state index contributed by atoms with van der Waals surface area (Å²) in [7, 11) is 0. The molecule has 1 aliphatic carbocycles. The fraction of sp³-hybridized carbons (Fsp3) is 0.500. The van der Waals surface area contributed by atoms with E-state index in [2.05, 4.69) is 20.6 Å². The molecule has 0 atom stereocenters. The highest BCUT2D eigenvalue weighted by Gasteiger charge is 2.25. The molecule has 9 heteroatoms. The van der Waals surface area contributed by atoms with Crippen LogP contribution in [0.3, 0.4) is 0 Å². The van der Waals surface area contributed by atoms with E-state index in [0.29, 0.717) is 0 Å². The molecule has 0 saturated heterocycles. The molecule has 1 heterocycles. The van der Waals surface area contributed by atoms with E-state index in [-0.39, 0.29) is 41.0 Å². The lowest BCUT2D eigenvalue weighted by atomic mass is 10.3. The first-order valence-corrected chi connectivity index (χ1v) is 6.07. The van der Waals surface area contributed by atoms with Crippen LogP contribution in [0.2, 0.25) is 5.28 Å². The van der Waals surface area contributed by atoms with Gasteiger partial charge in [-0.1, -0.05) is 0 Å². The van der Waals surface area contributed by atoms with Gasteiger partial charge in [0.15, 0.2) is 0 Å². The van der Waals surface area contributed by atoms with Gasteiger partial charge in [-0.25, -0.2) is 4.98 Å². The summed E-state index contributed by atoms with van der Waals surface area (Å²) in [4.78, 5) is 29.3. The molecule has 1 aromatic heterocycles. The van der Waals surface area contributed by atoms with Gasteiger partial charge in [0.05, 0.1) is 11.5 Å². The van der Waals surface area contributed by atoms with Crippen LogP contribution in [-0.4, -0.2) is 33.4 Å². The summed E-state index contributed by atoms with van der Waals surface area (Å²) in [6, 6.07) is 0.236. The smallest absolute Gasteiger partial charge is 0.332 e. The summed E-state index contributed by atoms with van der Waals surface area (Å²) in [5.74, 6) is -0.280. The summed E-state index contributed by atoms with van der Waals surface area (Å²) in [6.07, 6.45) is 1.95. The Morgan fingerprint density at radius 2 is 2.21 bits per heavy atom. The number of nitrogens with zero attached hydrogens (tertiary/aromatic N) is 3. The molecule has 1 saturated carbocycles. The molecule has 0 radical (unpaired) electrons. The lowest BCUT2D eigenvalue weighted by molar-refractivity contribution is -0.385. The maximum atomic E-state index is 11.5. The second-order valence-electron chi connectivity index (χ2n) is 4.23. The molecule has 0 aromatic carbocycles. The molecule has 102 valence electrons. The van der Waals surface area contributed by atoms with E-state index in [1.807, 2.05) is 0 Å². The van der Waals surface area contributed by atoms with Crippen molar-refractivity contribution in [1.29, 1.82) is 0 Å². The Labute approximate surface area is 113 Å². The lowest BCUT2D eigenvalue weighted by Crippen LogP contribution is -2.31. The number of amides is 1. The molecule has 1 aliphatic rings. The van der Waals surface area contributed by atoms with Crippen molar-refractivity contribution in [2.45, 2.75) is 25.8 Å². The second kappa shape index (κ2) is 5.35. The Hall–Kier alpha value is -1.96. The summed E-state index contributed by atoms with van der Waals surface area (Å²) >= 11 is 5.65. The summed E-state index contributed by atoms with van der Waals surface area (Å²) < 4.78 is 0. The minimum absolute atomic E-state index is 0.0477. The summed E-state index contributed by atoms with van der Waals surface area (Å²) in [6.45, 7) is 1.37. The summed E-state index contributed by atoms with van der Waals surface area (Å²) in [5.41, 5.74) is -0.126. The van der Waals surface area contributed by atoms with Gasteiger partial charge in [-0.15, -0.1) is 0 Å². The Balaban J connectivity index is 2.09. The number of hydrogen-bond acceptors (Lipinski definition) is 6. The van der Waals surface area contributed by atoms with Crippen LogP contribution < -0.4 is 10.6 Å². The molecule has 1 fully saturated rings. The number of aromatic nitrogens is 2. The number of nitro groups is 1. The van der Waals surface area contributed by atoms with E-state index in [1.165, 1.54) is 6.92 Å². The SMILES string of the molecule is Cc1nc(Cl)nc(NCC(=O)NC2CC2)c1[N+](=O)[O-]. The number of aryl methyl sites for hydroxylation is 1. The van der Waals surface area contributed by atoms with Gasteiger partial charge in [0.2, 0.25) is 17.0 Å². The van der Waals surface area contributed by atoms with Crippen molar-refractivity contribution >= 4 is 29.0 Å². The number of nitrogens with one attached hydrogen (secondary N) is 2. The van der Waals surface area contributed by atoms with Gasteiger partial charge in [-0.05, 0) is 31.4 Å². The molecule has 1 amide bonds. The van der Waals surface area contributed by atoms with Crippen LogP contribution in [0.1, 0.15) is 18.5 Å². The molecule has 8 nitrogen and oxygen atoms in total. The van der Waals surface area contributed by atoms with Crippen LogP contribution in [0, 0.1) is 17.0 Å². The lowest BCUT2D eigenvalue weighted by Gasteiger charge is -2.08. The zero-order valence-electron chi connectivity index (χ0n) is 10.1. The van der Waals surface area contributed by atoms with E-state index in [4.69, 9.17) is 11.6 Å². The second-order valence-corrected chi connectivity index (χ2v) is 4.57. The molecule has 1 aromatic rings. The monoisotopic (exact) mass is 285 g/mol. The molecule has 0 bridgehead atoms. The largest absolute Gasteiger partial charge is 0.355 e. The van der Waals surface area contributed by atoms with Gasteiger partial charge >= 0.3 is 5.69 Å². The van der Waals surface area contributed by atoms with E-state index in [1.54, 1.807) is 0 Å². The zero-order chi connectivity index (χ0) is 14.0. The molecule has 19 heavy (non-hydrogen) atoms. The van der Waals surface area contributed by atoms with Gasteiger partial charge in [-0.3, -0.25) is 14.9 Å². The average molecular weight is 286 g/mol. The third-order valence-electron chi connectivity index (χ3n) is 2.57. The van der Waals surface area contributed by atoms with E-state index >= 15 is 0 Å². The van der Waals surface area contributed by atoms with Crippen molar-refractivity contribution in [3.05, 3.63) is 21.1 Å². The van der Waals surface area contributed by atoms with Crippen molar-refractivity contribution in [2.24, 2.45) is 0 Å². The summed E-state index contributed by atoms with van der Waals surface area (Å²) in [5, 5.41) is 16.2. The normalized spacial score (nSPS) is 14.0. The molecule has 0 unspecified atom stereocenters. The van der Waals surface area contributed by atoms with Gasteiger partial charge in [0.25, 0.3) is 0 Å². The first kappa shape index (κ1) is 13.5. The Kier molecular flexibility index (Phi) is 3.79. The van der Waals surface area contributed by atoms with Gasteiger partial charge in [0, 0.05) is 6.04 Å². The van der Waals surface area contributed by atoms with Crippen molar-refractivity contribution < 1.29 is 9.72 Å². The standard InChI is InChI=1S/C10H12ClN5O3/c1-5-8(16(18)19)9(15-10(11)13-5)12-4-7(17)14-6-2-3-6/h6H,2-4H2,1H3,(H,14,17)(H,12,13,15). The number of halogens is 1. The third-order valence-corrected chi connectivity index (χ3v) is 2.74. The first-order chi connectivity index (χ1) is 8.97. The number of hydrogen-bond donors (Lipinski definition) is 2. The van der Waals surface area contributed by atoms with E-state index < -0.39 is 4.92 Å². The van der Waals surface area contributed by atoms with Crippen molar-refractivity contribution in [2.75, 3.05) is 11.9 Å². The predicted octanol–water partition coefficient (Wildman–Crippen LogP) is 1.04. The first-order valence-electron chi connectivity index (χ1n) is 5.69. The molecule has 0 spiro atoms. The molecular formula is C10H12ClN5O3. The van der Waals surface area contributed by atoms with Gasteiger partial charge in [-0.2, -0.15) is 4.98 Å². The third kappa shape index (κ3) is 3.50. The molecule has 2 N–H and O–H groups in total. The van der Waals surface area contributed by atoms with Crippen LogP contribution in [0.5, 0.6) is 0 Å². The van der Waals surface area contributed by atoms with E-state index in [0.717, 1.165) is 12.8 Å². The van der Waals surface area contributed by atoms with Gasteiger partial charge < -0.3 is 10.6 Å². The Morgan fingerprint density at radius 3 is 2.79 bits per heavy atom. The number of anilines is 1. The molecule has 2 rings (SSSR count). The van der Waals surface area contributed by atoms with Crippen LogP contribution in [0.4, 0.5) is 11.5 Å². The maximum Gasteiger partial charge on any atom is 0.332 e. The van der Waals surface area contributed by atoms with Crippen LogP contribution in [-0.2, 0) is 4.79 Å². The number of carbonyl (C=O) groups is 1. The number of carbonyl (C=O) groups excluding carboxylic acids is 1. The fourth-order valence-corrected chi connectivity index (χ4v) is 1.76. The molecule has 0 aliphatic heterocycles. The minimum Gasteiger partial charge on any atom is -0.355 e. The highest BCUT2D eigenvalue weighted by Crippen LogP contribution is 2.26. The topological polar surface area (TPSA) is 110 Å². The minimum atomic E-state index is -0.604. The van der Waals surface area contributed by atoms with Gasteiger partial charge in [0.1, 0.15) is 5.69 Å². The van der Waals surface area contributed by atoms with Crippen LogP contribution >= 0.6 is 11.6 Å². The van der Waals surface area contributed by atoms with E-state index in [9.17, 15) is 14.9 Å². The highest BCUT2D eigenvalue weighted by molar-refractivity contribution is 6.28. The van der Waals surface area contributed by atoms with Crippen molar-refractivity contribution in [1.82, 2.24) is 15.3 Å². The predicted molar refractivity (Wildman–Crippen MR) is 68.1 cm³/mol.